The van der Waals surface area contributed by atoms with Crippen molar-refractivity contribution in [2.45, 2.75) is 13.3 Å². The number of hydrogen-bond donors (Lipinski definition) is 2. The summed E-state index contributed by atoms with van der Waals surface area (Å²) < 4.78 is 0. The second-order valence-corrected chi connectivity index (χ2v) is 4.62. The topological polar surface area (TPSA) is 58.4 Å². The Morgan fingerprint density at radius 3 is 2.72 bits per heavy atom. The number of thiocarbonyl (C=S) groups is 1. The molecule has 0 aliphatic heterocycles. The van der Waals surface area contributed by atoms with Crippen LogP contribution in [0.5, 0.6) is 0 Å². The summed E-state index contributed by atoms with van der Waals surface area (Å²) in [7, 11) is 3.57. The number of aryl methyl sites for hydroxylation is 1. The molecule has 1 amide bonds. The van der Waals surface area contributed by atoms with Crippen molar-refractivity contribution >= 4 is 28.8 Å². The number of nitrogens with zero attached hydrogens (tertiary/aromatic N) is 1. The van der Waals surface area contributed by atoms with Gasteiger partial charge < -0.3 is 16.0 Å². The van der Waals surface area contributed by atoms with Crippen LogP contribution in [-0.4, -0.2) is 31.5 Å². The van der Waals surface area contributed by atoms with E-state index < -0.39 is 0 Å². The Hall–Kier alpha value is -1.62. The molecule has 5 heteroatoms. The first kappa shape index (κ1) is 14.4. The molecule has 1 aromatic rings. The number of nitrogens with one attached hydrogen (secondary N) is 1. The van der Waals surface area contributed by atoms with Crippen molar-refractivity contribution in [3.63, 3.8) is 0 Å². The van der Waals surface area contributed by atoms with Crippen LogP contribution in [0.1, 0.15) is 17.5 Å². The number of rotatable bonds is 5. The van der Waals surface area contributed by atoms with Crippen molar-refractivity contribution in [2.24, 2.45) is 5.73 Å². The highest BCUT2D eigenvalue weighted by atomic mass is 32.1. The van der Waals surface area contributed by atoms with E-state index in [-0.39, 0.29) is 5.91 Å². The normalized spacial score (nSPS) is 9.94. The molecule has 1 aromatic carbocycles. The third-order valence-electron chi connectivity index (χ3n) is 2.84. The van der Waals surface area contributed by atoms with Crippen LogP contribution < -0.4 is 16.0 Å². The monoisotopic (exact) mass is 265 g/mol. The van der Waals surface area contributed by atoms with Gasteiger partial charge in [-0.3, -0.25) is 4.79 Å². The van der Waals surface area contributed by atoms with Crippen LogP contribution in [0.4, 0.5) is 5.69 Å². The third-order valence-corrected chi connectivity index (χ3v) is 3.06. The number of para-hydroxylation sites is 1. The number of hydrogen-bond acceptors (Lipinski definition) is 3. The number of amides is 1. The summed E-state index contributed by atoms with van der Waals surface area (Å²) >= 11 is 5.06. The van der Waals surface area contributed by atoms with E-state index in [2.05, 4.69) is 5.32 Å². The summed E-state index contributed by atoms with van der Waals surface area (Å²) in [5, 5.41) is 2.61. The molecule has 0 radical (unpaired) electrons. The summed E-state index contributed by atoms with van der Waals surface area (Å²) in [5.74, 6) is 0.0207. The number of benzene rings is 1. The van der Waals surface area contributed by atoms with Gasteiger partial charge in [-0.2, -0.15) is 0 Å². The smallest absolute Gasteiger partial charge is 0.221 e. The molecule has 0 saturated carbocycles. The second-order valence-electron chi connectivity index (χ2n) is 4.18. The van der Waals surface area contributed by atoms with E-state index in [1.54, 1.807) is 7.05 Å². The molecule has 0 aliphatic rings. The maximum atomic E-state index is 11.3. The minimum absolute atomic E-state index is 0.0207. The highest BCUT2D eigenvalue weighted by Gasteiger charge is 2.12. The zero-order valence-electron chi connectivity index (χ0n) is 11.0. The van der Waals surface area contributed by atoms with E-state index in [1.807, 2.05) is 37.1 Å². The summed E-state index contributed by atoms with van der Waals surface area (Å²) in [6.07, 6.45) is 0.443. The van der Waals surface area contributed by atoms with Crippen LogP contribution in [0.25, 0.3) is 0 Å². The van der Waals surface area contributed by atoms with Gasteiger partial charge in [-0.1, -0.05) is 24.4 Å². The number of carbonyl (C=O) groups is 1. The molecular weight excluding hydrogens is 246 g/mol. The molecule has 0 spiro atoms. The van der Waals surface area contributed by atoms with Gasteiger partial charge in [0.25, 0.3) is 0 Å². The molecule has 0 saturated heterocycles. The summed E-state index contributed by atoms with van der Waals surface area (Å²) in [6.45, 7) is 2.63. The Morgan fingerprint density at radius 1 is 1.50 bits per heavy atom. The molecule has 0 bridgehead atoms. The van der Waals surface area contributed by atoms with Gasteiger partial charge >= 0.3 is 0 Å². The molecule has 0 fully saturated rings. The molecule has 0 aromatic heterocycles. The lowest BCUT2D eigenvalue weighted by Gasteiger charge is -2.24. The van der Waals surface area contributed by atoms with Gasteiger partial charge in [-0.15, -0.1) is 0 Å². The van der Waals surface area contributed by atoms with Crippen molar-refractivity contribution in [3.05, 3.63) is 29.3 Å². The minimum Gasteiger partial charge on any atom is -0.389 e. The molecule has 18 heavy (non-hydrogen) atoms. The van der Waals surface area contributed by atoms with Crippen molar-refractivity contribution in [3.8, 4) is 0 Å². The van der Waals surface area contributed by atoms with Crippen molar-refractivity contribution in [1.29, 1.82) is 0 Å². The average molecular weight is 265 g/mol. The van der Waals surface area contributed by atoms with Crippen molar-refractivity contribution < 1.29 is 4.79 Å². The fraction of sp³-hybridized carbons (Fsp3) is 0.385. The second kappa shape index (κ2) is 6.35. The predicted molar refractivity (Wildman–Crippen MR) is 79.0 cm³/mol. The quantitative estimate of drug-likeness (QED) is 0.786. The molecule has 0 aliphatic carbocycles. The van der Waals surface area contributed by atoms with Crippen LogP contribution >= 0.6 is 12.2 Å². The van der Waals surface area contributed by atoms with Gasteiger partial charge in [0.1, 0.15) is 4.99 Å². The van der Waals surface area contributed by atoms with Gasteiger partial charge in [0.05, 0.1) is 0 Å². The zero-order chi connectivity index (χ0) is 13.7. The van der Waals surface area contributed by atoms with Gasteiger partial charge in [0.15, 0.2) is 0 Å². The molecule has 4 nitrogen and oxygen atoms in total. The Bertz CT molecular complexity index is 460. The van der Waals surface area contributed by atoms with Crippen LogP contribution in [-0.2, 0) is 4.79 Å². The zero-order valence-corrected chi connectivity index (χ0v) is 11.8. The molecule has 1 rings (SSSR count). The molecule has 3 N–H and O–H groups in total. The lowest BCUT2D eigenvalue weighted by Crippen LogP contribution is -2.28. The summed E-state index contributed by atoms with van der Waals surface area (Å²) in [6, 6.07) is 5.84. The van der Waals surface area contributed by atoms with Crippen molar-refractivity contribution in [1.82, 2.24) is 5.32 Å². The highest BCUT2D eigenvalue weighted by Crippen LogP contribution is 2.24. The van der Waals surface area contributed by atoms with Gasteiger partial charge in [-0.05, 0) is 18.6 Å². The first-order chi connectivity index (χ1) is 8.47. The molecule has 0 unspecified atom stereocenters. The number of anilines is 1. The van der Waals surface area contributed by atoms with Crippen LogP contribution in [0.2, 0.25) is 0 Å². The SMILES string of the molecule is CNC(=O)CCN(C)c1c(C)cccc1C(N)=S. The van der Waals surface area contributed by atoms with Gasteiger partial charge in [0, 0.05) is 38.3 Å². The van der Waals surface area contributed by atoms with E-state index >= 15 is 0 Å². The highest BCUT2D eigenvalue weighted by molar-refractivity contribution is 7.80. The molecule has 0 atom stereocenters. The Balaban J connectivity index is 2.94. The van der Waals surface area contributed by atoms with E-state index in [9.17, 15) is 4.79 Å². The number of nitrogens with two attached hydrogens (primary N) is 1. The van der Waals surface area contributed by atoms with Crippen LogP contribution in [0.15, 0.2) is 18.2 Å². The Kier molecular flexibility index (Phi) is 5.09. The van der Waals surface area contributed by atoms with E-state index in [0.717, 1.165) is 16.8 Å². The van der Waals surface area contributed by atoms with E-state index in [0.29, 0.717) is 18.0 Å². The molecule has 0 heterocycles. The number of carbonyl (C=O) groups excluding carboxylic acids is 1. The summed E-state index contributed by atoms with van der Waals surface area (Å²) in [4.78, 5) is 13.7. The van der Waals surface area contributed by atoms with E-state index in [1.165, 1.54) is 0 Å². The molecule has 98 valence electrons. The fourth-order valence-electron chi connectivity index (χ4n) is 1.87. The maximum absolute atomic E-state index is 11.3. The van der Waals surface area contributed by atoms with Crippen LogP contribution in [0.3, 0.4) is 0 Å². The Labute approximate surface area is 113 Å². The minimum atomic E-state index is 0.0207. The third kappa shape index (κ3) is 3.43. The lowest BCUT2D eigenvalue weighted by atomic mass is 10.1. The predicted octanol–water partition coefficient (Wildman–Crippen LogP) is 1.20. The average Bonchev–Trinajstić information content (AvgIpc) is 2.34. The first-order valence-corrected chi connectivity index (χ1v) is 6.19. The summed E-state index contributed by atoms with van der Waals surface area (Å²) in [5.41, 5.74) is 8.67. The van der Waals surface area contributed by atoms with E-state index in [4.69, 9.17) is 18.0 Å². The van der Waals surface area contributed by atoms with Gasteiger partial charge in [0.2, 0.25) is 5.91 Å². The fourth-order valence-corrected chi connectivity index (χ4v) is 2.04. The molecular formula is C13H19N3OS. The lowest BCUT2D eigenvalue weighted by molar-refractivity contribution is -0.120. The standard InChI is InChI=1S/C13H19N3OS/c1-9-5-4-6-10(13(14)18)12(9)16(3)8-7-11(17)15-2/h4-6H,7-8H2,1-3H3,(H2,14,18)(H,15,17). The first-order valence-electron chi connectivity index (χ1n) is 5.78. The van der Waals surface area contributed by atoms with Crippen LogP contribution in [0, 0.1) is 6.92 Å². The largest absolute Gasteiger partial charge is 0.389 e. The maximum Gasteiger partial charge on any atom is 0.221 e. The van der Waals surface area contributed by atoms with Gasteiger partial charge in [-0.25, -0.2) is 0 Å². The Morgan fingerprint density at radius 2 is 2.17 bits per heavy atom. The van der Waals surface area contributed by atoms with Crippen molar-refractivity contribution in [2.75, 3.05) is 25.5 Å².